The van der Waals surface area contributed by atoms with Gasteiger partial charge in [-0.1, -0.05) is 15.9 Å². The number of nitrogens with zero attached hydrogens (tertiary/aromatic N) is 2. The number of hydrogen-bond donors (Lipinski definition) is 1. The molecule has 6 heteroatoms. The Labute approximate surface area is 122 Å². The first kappa shape index (κ1) is 12.5. The average Bonchev–Trinajstić information content (AvgIpc) is 2.68. The van der Waals surface area contributed by atoms with Crippen molar-refractivity contribution in [1.82, 2.24) is 14.5 Å². The van der Waals surface area contributed by atoms with Crippen LogP contribution in [0.2, 0.25) is 0 Å². The summed E-state index contributed by atoms with van der Waals surface area (Å²) >= 11 is 8.52. The molecule has 0 unspecified atom stereocenters. The topological polar surface area (TPSA) is 33.6 Å². The first-order valence-corrected chi connectivity index (χ1v) is 6.80. The summed E-state index contributed by atoms with van der Waals surface area (Å²) in [5.74, 6) is -0.352. The second-order valence-electron chi connectivity index (χ2n) is 4.19. The Hall–Kier alpha value is -1.53. The molecule has 96 valence electrons. The summed E-state index contributed by atoms with van der Waals surface area (Å²) in [5.41, 5.74) is 2.87. The molecule has 19 heavy (non-hydrogen) atoms. The number of fused-ring (bicyclic) bond motifs is 1. The fourth-order valence-electron chi connectivity index (χ4n) is 2.01. The van der Waals surface area contributed by atoms with E-state index < -0.39 is 0 Å². The number of H-pyrrole nitrogens is 1. The monoisotopic (exact) mass is 337 g/mol. The number of rotatable bonds is 1. The summed E-state index contributed by atoms with van der Waals surface area (Å²) in [6.07, 6.45) is 1.69. The van der Waals surface area contributed by atoms with E-state index in [1.54, 1.807) is 22.9 Å². The molecule has 1 aromatic carbocycles. The zero-order valence-corrected chi connectivity index (χ0v) is 12.3. The van der Waals surface area contributed by atoms with E-state index in [1.165, 1.54) is 6.07 Å². The molecule has 0 saturated heterocycles. The van der Waals surface area contributed by atoms with Crippen LogP contribution in [0.4, 0.5) is 4.39 Å². The zero-order chi connectivity index (χ0) is 13.6. The van der Waals surface area contributed by atoms with E-state index in [0.29, 0.717) is 20.6 Å². The first-order valence-electron chi connectivity index (χ1n) is 5.59. The molecule has 3 rings (SSSR count). The van der Waals surface area contributed by atoms with Crippen LogP contribution < -0.4 is 0 Å². The third-order valence-corrected chi connectivity index (χ3v) is 3.71. The van der Waals surface area contributed by atoms with Gasteiger partial charge in [0.25, 0.3) is 0 Å². The standard InChI is InChI=1S/C13H9BrFN3S/c1-7-4-5-16-12-11(7)17-13(19)18(12)10-3-2-8(14)6-9(10)15/h2-6H,1H3,(H,17,19). The van der Waals surface area contributed by atoms with Gasteiger partial charge in [-0.05, 0) is 49.0 Å². The summed E-state index contributed by atoms with van der Waals surface area (Å²) < 4.78 is 16.8. The van der Waals surface area contributed by atoms with E-state index in [1.807, 2.05) is 13.0 Å². The van der Waals surface area contributed by atoms with Crippen molar-refractivity contribution >= 4 is 39.3 Å². The number of pyridine rings is 1. The fraction of sp³-hybridized carbons (Fsp3) is 0.0769. The maximum absolute atomic E-state index is 14.1. The molecule has 0 saturated carbocycles. The second-order valence-corrected chi connectivity index (χ2v) is 5.49. The molecule has 0 aliphatic heterocycles. The Bertz CT molecular complexity index is 838. The summed E-state index contributed by atoms with van der Waals surface area (Å²) in [6.45, 7) is 1.96. The largest absolute Gasteiger partial charge is 0.329 e. The van der Waals surface area contributed by atoms with Gasteiger partial charge in [-0.15, -0.1) is 0 Å². The molecule has 0 aliphatic rings. The minimum atomic E-state index is -0.352. The quantitative estimate of drug-likeness (QED) is 0.672. The highest BCUT2D eigenvalue weighted by Crippen LogP contribution is 2.24. The summed E-state index contributed by atoms with van der Waals surface area (Å²) in [5, 5.41) is 0. The van der Waals surface area contributed by atoms with Crippen LogP contribution in [0.3, 0.4) is 0 Å². The molecule has 0 fully saturated rings. The van der Waals surface area contributed by atoms with Gasteiger partial charge in [-0.25, -0.2) is 9.37 Å². The predicted molar refractivity (Wildman–Crippen MR) is 78.6 cm³/mol. The number of aromatic amines is 1. The van der Waals surface area contributed by atoms with Crippen molar-refractivity contribution in [2.45, 2.75) is 6.92 Å². The molecule has 0 amide bonds. The van der Waals surface area contributed by atoms with Crippen LogP contribution >= 0.6 is 28.1 Å². The van der Waals surface area contributed by atoms with Gasteiger partial charge in [0, 0.05) is 10.7 Å². The Balaban J connectivity index is 2.40. The lowest BCUT2D eigenvalue weighted by Crippen LogP contribution is -1.99. The summed E-state index contributed by atoms with van der Waals surface area (Å²) in [6, 6.07) is 6.74. The van der Waals surface area contributed by atoms with E-state index in [9.17, 15) is 4.39 Å². The van der Waals surface area contributed by atoms with E-state index in [-0.39, 0.29) is 5.82 Å². The maximum atomic E-state index is 14.1. The van der Waals surface area contributed by atoms with Crippen molar-refractivity contribution in [2.24, 2.45) is 0 Å². The van der Waals surface area contributed by atoms with Gasteiger partial charge in [0.15, 0.2) is 10.4 Å². The molecule has 0 spiro atoms. The Kier molecular flexibility index (Phi) is 2.99. The Morgan fingerprint density at radius 1 is 1.37 bits per heavy atom. The van der Waals surface area contributed by atoms with Gasteiger partial charge in [0.05, 0.1) is 11.2 Å². The van der Waals surface area contributed by atoms with Crippen molar-refractivity contribution in [2.75, 3.05) is 0 Å². The third-order valence-electron chi connectivity index (χ3n) is 2.94. The fourth-order valence-corrected chi connectivity index (χ4v) is 2.63. The van der Waals surface area contributed by atoms with Gasteiger partial charge < -0.3 is 4.98 Å². The highest BCUT2D eigenvalue weighted by atomic mass is 79.9. The molecular formula is C13H9BrFN3S. The SMILES string of the molecule is Cc1ccnc2c1[nH]c(=S)n2-c1ccc(Br)cc1F. The lowest BCUT2D eigenvalue weighted by Gasteiger charge is -2.06. The van der Waals surface area contributed by atoms with Crippen LogP contribution in [-0.2, 0) is 0 Å². The molecule has 0 radical (unpaired) electrons. The third kappa shape index (κ3) is 2.01. The molecule has 0 aliphatic carbocycles. The van der Waals surface area contributed by atoms with Crippen LogP contribution in [0.15, 0.2) is 34.9 Å². The lowest BCUT2D eigenvalue weighted by molar-refractivity contribution is 0.617. The molecule has 0 bridgehead atoms. The number of benzene rings is 1. The van der Waals surface area contributed by atoms with Crippen molar-refractivity contribution in [1.29, 1.82) is 0 Å². The van der Waals surface area contributed by atoms with Gasteiger partial charge in [-0.2, -0.15) is 0 Å². The van der Waals surface area contributed by atoms with E-state index in [0.717, 1.165) is 11.1 Å². The minimum absolute atomic E-state index is 0.352. The van der Waals surface area contributed by atoms with Crippen molar-refractivity contribution in [3.05, 3.63) is 51.1 Å². The van der Waals surface area contributed by atoms with Gasteiger partial charge >= 0.3 is 0 Å². The normalized spacial score (nSPS) is 11.1. The van der Waals surface area contributed by atoms with Crippen molar-refractivity contribution in [3.8, 4) is 5.69 Å². The number of nitrogens with one attached hydrogen (secondary N) is 1. The number of aryl methyl sites for hydroxylation is 1. The zero-order valence-electron chi connectivity index (χ0n) is 9.95. The Morgan fingerprint density at radius 2 is 2.16 bits per heavy atom. The van der Waals surface area contributed by atoms with E-state index in [4.69, 9.17) is 12.2 Å². The van der Waals surface area contributed by atoms with Crippen molar-refractivity contribution in [3.63, 3.8) is 0 Å². The summed E-state index contributed by atoms with van der Waals surface area (Å²) in [4.78, 5) is 7.36. The first-order chi connectivity index (χ1) is 9.08. The number of imidazole rings is 1. The average molecular weight is 338 g/mol. The van der Waals surface area contributed by atoms with Crippen LogP contribution in [0, 0.1) is 17.5 Å². The van der Waals surface area contributed by atoms with Gasteiger partial charge in [-0.3, -0.25) is 4.57 Å². The molecule has 1 N–H and O–H groups in total. The smallest absolute Gasteiger partial charge is 0.184 e. The van der Waals surface area contributed by atoms with Gasteiger partial charge in [0.1, 0.15) is 5.82 Å². The van der Waals surface area contributed by atoms with Gasteiger partial charge in [0.2, 0.25) is 0 Å². The van der Waals surface area contributed by atoms with Crippen LogP contribution in [0.25, 0.3) is 16.9 Å². The van der Waals surface area contributed by atoms with Crippen LogP contribution in [-0.4, -0.2) is 14.5 Å². The second kappa shape index (κ2) is 4.54. The predicted octanol–water partition coefficient (Wildman–Crippen LogP) is 4.29. The minimum Gasteiger partial charge on any atom is -0.329 e. The van der Waals surface area contributed by atoms with Crippen molar-refractivity contribution < 1.29 is 4.39 Å². The molecular weight excluding hydrogens is 329 g/mol. The Morgan fingerprint density at radius 3 is 2.89 bits per heavy atom. The lowest BCUT2D eigenvalue weighted by atomic mass is 10.2. The van der Waals surface area contributed by atoms with Crippen LogP contribution in [0.5, 0.6) is 0 Å². The molecule has 0 atom stereocenters. The molecule has 3 nitrogen and oxygen atoms in total. The maximum Gasteiger partial charge on any atom is 0.184 e. The molecule has 2 aromatic heterocycles. The number of aromatic nitrogens is 3. The van der Waals surface area contributed by atoms with Crippen LogP contribution in [0.1, 0.15) is 5.56 Å². The highest BCUT2D eigenvalue weighted by molar-refractivity contribution is 9.10. The number of hydrogen-bond acceptors (Lipinski definition) is 2. The van der Waals surface area contributed by atoms with E-state index in [2.05, 4.69) is 25.9 Å². The van der Waals surface area contributed by atoms with E-state index >= 15 is 0 Å². The molecule has 3 aromatic rings. The highest BCUT2D eigenvalue weighted by Gasteiger charge is 2.12. The molecule has 2 heterocycles. The number of halogens is 2. The summed E-state index contributed by atoms with van der Waals surface area (Å²) in [7, 11) is 0.